The number of ether oxygens (including phenoxy) is 5. The standard InChI is InChI=1S/C25H25NO9S3/c1-24(2)19-14(12-9-8-11(31-3)10-13(12)26-24)25(15(20(27)32-4)16(36-19)21(28)33-5)37-17(22(29)34-6)18(38-25)23(30)35-7/h8-10,26H,1-7H3. The number of hydrogen-bond acceptors (Lipinski definition) is 13. The van der Waals surface area contributed by atoms with Crippen LogP contribution in [0, 0.1) is 0 Å². The van der Waals surface area contributed by atoms with E-state index in [1.807, 2.05) is 26.0 Å². The van der Waals surface area contributed by atoms with Crippen molar-refractivity contribution in [3.05, 3.63) is 49.0 Å². The number of thioether (sulfide) groups is 3. The Morgan fingerprint density at radius 2 is 1.29 bits per heavy atom. The van der Waals surface area contributed by atoms with Gasteiger partial charge in [0.05, 0.1) is 46.7 Å². The number of nitrogens with one attached hydrogen (secondary N) is 1. The number of fused-ring (bicyclic) bond motifs is 3. The average molecular weight is 580 g/mol. The summed E-state index contributed by atoms with van der Waals surface area (Å²) in [6.07, 6.45) is 0. The van der Waals surface area contributed by atoms with Crippen LogP contribution in [0.5, 0.6) is 5.75 Å². The monoisotopic (exact) mass is 579 g/mol. The van der Waals surface area contributed by atoms with Crippen LogP contribution in [-0.2, 0) is 38.1 Å². The largest absolute Gasteiger partial charge is 0.497 e. The minimum Gasteiger partial charge on any atom is -0.497 e. The number of carbonyl (C=O) groups is 4. The molecule has 0 saturated carbocycles. The van der Waals surface area contributed by atoms with Gasteiger partial charge in [-0.05, 0) is 26.0 Å². The Kier molecular flexibility index (Phi) is 7.56. The Labute approximate surface area is 231 Å². The van der Waals surface area contributed by atoms with Crippen molar-refractivity contribution < 1.29 is 42.9 Å². The number of anilines is 1. The quantitative estimate of drug-likeness (QED) is 0.403. The molecular formula is C25H25NO9S3. The van der Waals surface area contributed by atoms with Gasteiger partial charge in [0.25, 0.3) is 0 Å². The fourth-order valence-electron chi connectivity index (χ4n) is 4.36. The highest BCUT2D eigenvalue weighted by Crippen LogP contribution is 2.70. The van der Waals surface area contributed by atoms with Gasteiger partial charge in [0, 0.05) is 27.8 Å². The van der Waals surface area contributed by atoms with E-state index in [4.69, 9.17) is 23.7 Å². The molecule has 0 radical (unpaired) electrons. The van der Waals surface area contributed by atoms with Gasteiger partial charge in [0.1, 0.15) is 24.5 Å². The van der Waals surface area contributed by atoms with Crippen molar-refractivity contribution in [3.8, 4) is 5.75 Å². The fraction of sp³-hybridized carbons (Fsp3) is 0.360. The molecule has 0 saturated heterocycles. The van der Waals surface area contributed by atoms with Gasteiger partial charge in [0.15, 0.2) is 0 Å². The first-order valence-electron chi connectivity index (χ1n) is 11.1. The molecule has 202 valence electrons. The van der Waals surface area contributed by atoms with Crippen LogP contribution in [0.3, 0.4) is 0 Å². The van der Waals surface area contributed by atoms with Gasteiger partial charge in [-0.25, -0.2) is 19.2 Å². The molecule has 38 heavy (non-hydrogen) atoms. The topological polar surface area (TPSA) is 126 Å². The molecule has 4 rings (SSSR count). The summed E-state index contributed by atoms with van der Waals surface area (Å²) in [5.41, 5.74) is 1.19. The molecule has 3 heterocycles. The van der Waals surface area contributed by atoms with Crippen LogP contribution in [0.1, 0.15) is 19.4 Å². The van der Waals surface area contributed by atoms with Crippen molar-refractivity contribution in [2.45, 2.75) is 23.5 Å². The van der Waals surface area contributed by atoms with Gasteiger partial charge in [-0.2, -0.15) is 0 Å². The van der Waals surface area contributed by atoms with E-state index in [1.165, 1.54) is 28.4 Å². The molecule has 0 amide bonds. The number of methoxy groups -OCH3 is 5. The highest BCUT2D eigenvalue weighted by Gasteiger charge is 2.60. The molecule has 0 aliphatic carbocycles. The summed E-state index contributed by atoms with van der Waals surface area (Å²) >= 11 is 2.95. The predicted molar refractivity (Wildman–Crippen MR) is 145 cm³/mol. The number of rotatable bonds is 5. The molecule has 0 fully saturated rings. The summed E-state index contributed by atoms with van der Waals surface area (Å²) in [7, 11) is 6.33. The number of benzene rings is 1. The SMILES string of the molecule is COC(=O)C1=C(C(=O)OC)SC2(S1)C(C(=O)OC)=C(C(=O)OC)SC1=C2c2ccc(OC)cc2NC1(C)C. The minimum atomic E-state index is -1.51. The Bertz CT molecular complexity index is 1330. The molecular weight excluding hydrogens is 554 g/mol. The maximum atomic E-state index is 13.5. The summed E-state index contributed by atoms with van der Waals surface area (Å²) < 4.78 is 24.1. The van der Waals surface area contributed by atoms with Crippen molar-refractivity contribution in [1.29, 1.82) is 0 Å². The smallest absolute Gasteiger partial charge is 0.345 e. The first-order chi connectivity index (χ1) is 18.0. The van der Waals surface area contributed by atoms with E-state index in [1.54, 1.807) is 13.2 Å². The molecule has 0 atom stereocenters. The summed E-state index contributed by atoms with van der Waals surface area (Å²) in [5.74, 6) is -2.54. The number of hydrogen-bond donors (Lipinski definition) is 1. The Morgan fingerprint density at radius 1 is 0.763 bits per heavy atom. The lowest BCUT2D eigenvalue weighted by Crippen LogP contribution is -2.44. The highest BCUT2D eigenvalue weighted by atomic mass is 32.2. The van der Waals surface area contributed by atoms with Crippen LogP contribution >= 0.6 is 35.3 Å². The van der Waals surface area contributed by atoms with E-state index in [0.29, 0.717) is 27.5 Å². The van der Waals surface area contributed by atoms with Gasteiger partial charge >= 0.3 is 23.9 Å². The van der Waals surface area contributed by atoms with Crippen LogP contribution in [0.2, 0.25) is 0 Å². The Morgan fingerprint density at radius 3 is 1.79 bits per heavy atom. The molecule has 10 nitrogen and oxygen atoms in total. The van der Waals surface area contributed by atoms with E-state index >= 15 is 0 Å². The van der Waals surface area contributed by atoms with Crippen molar-refractivity contribution in [3.63, 3.8) is 0 Å². The molecule has 1 aromatic rings. The first-order valence-corrected chi connectivity index (χ1v) is 13.5. The van der Waals surface area contributed by atoms with E-state index < -0.39 is 33.5 Å². The lowest BCUT2D eigenvalue weighted by atomic mass is 9.85. The van der Waals surface area contributed by atoms with Crippen LogP contribution in [0.15, 0.2) is 43.4 Å². The van der Waals surface area contributed by atoms with Crippen LogP contribution in [0.4, 0.5) is 5.69 Å². The van der Waals surface area contributed by atoms with E-state index in [0.717, 1.165) is 35.3 Å². The van der Waals surface area contributed by atoms with Crippen molar-refractivity contribution in [1.82, 2.24) is 0 Å². The van der Waals surface area contributed by atoms with Crippen LogP contribution in [-0.4, -0.2) is 69.0 Å². The van der Waals surface area contributed by atoms with Crippen molar-refractivity contribution in [2.75, 3.05) is 40.9 Å². The molecule has 3 aliphatic heterocycles. The van der Waals surface area contributed by atoms with Gasteiger partial charge < -0.3 is 29.0 Å². The Balaban J connectivity index is 2.12. The van der Waals surface area contributed by atoms with Gasteiger partial charge in [-0.15, -0.1) is 0 Å². The fourth-order valence-corrected chi connectivity index (χ4v) is 9.38. The zero-order valence-electron chi connectivity index (χ0n) is 21.6. The highest BCUT2D eigenvalue weighted by molar-refractivity contribution is 8.26. The third-order valence-corrected chi connectivity index (χ3v) is 10.7. The zero-order chi connectivity index (χ0) is 28.0. The van der Waals surface area contributed by atoms with Gasteiger partial charge in [0.2, 0.25) is 0 Å². The molecule has 1 spiro atoms. The molecule has 1 N–H and O–H groups in total. The third-order valence-electron chi connectivity index (χ3n) is 6.03. The lowest BCUT2D eigenvalue weighted by molar-refractivity contribution is -0.138. The molecule has 0 unspecified atom stereocenters. The van der Waals surface area contributed by atoms with Crippen LogP contribution in [0.25, 0.3) is 5.57 Å². The van der Waals surface area contributed by atoms with E-state index in [9.17, 15) is 19.2 Å². The summed E-state index contributed by atoms with van der Waals surface area (Å²) in [6, 6.07) is 5.40. The summed E-state index contributed by atoms with van der Waals surface area (Å²) in [4.78, 5) is 53.0. The second-order valence-electron chi connectivity index (χ2n) is 8.62. The number of esters is 4. The average Bonchev–Trinajstić information content (AvgIpc) is 3.30. The molecule has 1 aromatic carbocycles. The second-order valence-corrected chi connectivity index (χ2v) is 12.3. The van der Waals surface area contributed by atoms with E-state index in [2.05, 4.69) is 5.32 Å². The maximum Gasteiger partial charge on any atom is 0.345 e. The van der Waals surface area contributed by atoms with Crippen molar-refractivity contribution in [2.24, 2.45) is 0 Å². The summed E-state index contributed by atoms with van der Waals surface area (Å²) in [5, 5.41) is 3.48. The molecule has 13 heteroatoms. The normalized spacial score (nSPS) is 18.8. The molecule has 0 aromatic heterocycles. The first kappa shape index (κ1) is 28.0. The van der Waals surface area contributed by atoms with E-state index in [-0.39, 0.29) is 20.3 Å². The zero-order valence-corrected chi connectivity index (χ0v) is 24.1. The van der Waals surface area contributed by atoms with Crippen LogP contribution < -0.4 is 10.1 Å². The predicted octanol–water partition coefficient (Wildman–Crippen LogP) is 3.69. The molecule has 0 bridgehead atoms. The minimum absolute atomic E-state index is 0.0136. The molecule has 3 aliphatic rings. The lowest BCUT2D eigenvalue weighted by Gasteiger charge is -2.46. The maximum absolute atomic E-state index is 13.5. The van der Waals surface area contributed by atoms with Crippen molar-refractivity contribution >= 4 is 70.4 Å². The van der Waals surface area contributed by atoms with Gasteiger partial charge in [-0.1, -0.05) is 35.3 Å². The number of carbonyl (C=O) groups excluding carboxylic acids is 4. The Hall–Kier alpha value is -3.03. The third kappa shape index (κ3) is 4.26. The second kappa shape index (κ2) is 10.3. The summed E-state index contributed by atoms with van der Waals surface area (Å²) in [6.45, 7) is 3.84. The van der Waals surface area contributed by atoms with Gasteiger partial charge in [-0.3, -0.25) is 0 Å².